The number of nitrogens with one attached hydrogen (secondary N) is 1. The first-order valence-electron chi connectivity index (χ1n) is 5.75. The van der Waals surface area contributed by atoms with Gasteiger partial charge in [-0.1, -0.05) is 30.3 Å². The second-order valence-electron chi connectivity index (χ2n) is 3.84. The summed E-state index contributed by atoms with van der Waals surface area (Å²) in [6, 6.07) is 10.4. The quantitative estimate of drug-likeness (QED) is 0.661. The molecule has 1 aromatic carbocycles. The van der Waals surface area contributed by atoms with Gasteiger partial charge in [0.25, 0.3) is 0 Å². The minimum Gasteiger partial charge on any atom is -0.481 e. The number of carboxylic acid groups (broad SMARTS) is 1. The van der Waals surface area contributed by atoms with Crippen LogP contribution >= 0.6 is 0 Å². The third-order valence-corrected chi connectivity index (χ3v) is 2.41. The maximum Gasteiger partial charge on any atom is 0.303 e. The second-order valence-corrected chi connectivity index (χ2v) is 3.84. The van der Waals surface area contributed by atoms with Crippen LogP contribution in [0.25, 0.3) is 0 Å². The van der Waals surface area contributed by atoms with Crippen LogP contribution in [0.5, 0.6) is 0 Å². The Bertz CT molecular complexity index is 298. The molecule has 16 heavy (non-hydrogen) atoms. The average molecular weight is 221 g/mol. The highest BCUT2D eigenvalue weighted by Crippen LogP contribution is 2.01. The number of carbonyl (C=O) groups is 1. The van der Waals surface area contributed by atoms with Crippen molar-refractivity contribution in [2.75, 3.05) is 13.1 Å². The Morgan fingerprint density at radius 2 is 1.81 bits per heavy atom. The molecule has 0 aromatic heterocycles. The molecule has 0 atom stereocenters. The van der Waals surface area contributed by atoms with Crippen molar-refractivity contribution >= 4 is 5.97 Å². The zero-order chi connectivity index (χ0) is 11.6. The molecule has 3 nitrogen and oxygen atoms in total. The third-order valence-electron chi connectivity index (χ3n) is 2.41. The first kappa shape index (κ1) is 12.7. The molecule has 0 aliphatic rings. The summed E-state index contributed by atoms with van der Waals surface area (Å²) in [6.45, 7) is 1.75. The molecule has 3 heteroatoms. The van der Waals surface area contributed by atoms with Crippen LogP contribution < -0.4 is 5.32 Å². The number of aryl methyl sites for hydroxylation is 1. The van der Waals surface area contributed by atoms with E-state index in [2.05, 4.69) is 29.6 Å². The van der Waals surface area contributed by atoms with Crippen LogP contribution in [0, 0.1) is 0 Å². The molecule has 2 N–H and O–H groups in total. The van der Waals surface area contributed by atoms with Crippen LogP contribution in [0.2, 0.25) is 0 Å². The molecule has 0 unspecified atom stereocenters. The van der Waals surface area contributed by atoms with Crippen molar-refractivity contribution in [2.45, 2.75) is 25.7 Å². The van der Waals surface area contributed by atoms with Crippen LogP contribution in [-0.4, -0.2) is 24.2 Å². The Morgan fingerprint density at radius 3 is 2.50 bits per heavy atom. The van der Waals surface area contributed by atoms with Gasteiger partial charge < -0.3 is 10.4 Å². The topological polar surface area (TPSA) is 49.3 Å². The fraction of sp³-hybridized carbons (Fsp3) is 0.462. The van der Waals surface area contributed by atoms with Gasteiger partial charge in [0.2, 0.25) is 0 Å². The van der Waals surface area contributed by atoms with Crippen molar-refractivity contribution in [1.29, 1.82) is 0 Å². The first-order valence-corrected chi connectivity index (χ1v) is 5.75. The zero-order valence-corrected chi connectivity index (χ0v) is 9.48. The zero-order valence-electron chi connectivity index (χ0n) is 9.48. The number of rotatable bonds is 8. The fourth-order valence-electron chi connectivity index (χ4n) is 1.55. The highest BCUT2D eigenvalue weighted by atomic mass is 16.4. The maximum atomic E-state index is 10.2. The van der Waals surface area contributed by atoms with Gasteiger partial charge in [-0.25, -0.2) is 0 Å². The van der Waals surface area contributed by atoms with Crippen molar-refractivity contribution in [3.8, 4) is 0 Å². The summed E-state index contributed by atoms with van der Waals surface area (Å²) in [5.74, 6) is -0.717. The van der Waals surface area contributed by atoms with Gasteiger partial charge in [-0.15, -0.1) is 0 Å². The van der Waals surface area contributed by atoms with Crippen molar-refractivity contribution < 1.29 is 9.90 Å². The van der Waals surface area contributed by atoms with Gasteiger partial charge in [-0.05, 0) is 37.9 Å². The van der Waals surface area contributed by atoms with Crippen LogP contribution in [0.4, 0.5) is 0 Å². The maximum absolute atomic E-state index is 10.2. The lowest BCUT2D eigenvalue weighted by atomic mass is 10.1. The lowest BCUT2D eigenvalue weighted by Crippen LogP contribution is -2.18. The molecular formula is C13H19NO2. The largest absolute Gasteiger partial charge is 0.481 e. The molecule has 1 rings (SSSR count). The summed E-state index contributed by atoms with van der Waals surface area (Å²) in [6.07, 6.45) is 3.14. The molecule has 0 amide bonds. The Morgan fingerprint density at radius 1 is 1.12 bits per heavy atom. The van der Waals surface area contributed by atoms with E-state index in [0.29, 0.717) is 6.42 Å². The van der Waals surface area contributed by atoms with Crippen LogP contribution in [0.15, 0.2) is 30.3 Å². The Labute approximate surface area is 96.5 Å². The summed E-state index contributed by atoms with van der Waals surface area (Å²) >= 11 is 0. The van der Waals surface area contributed by atoms with E-state index in [1.807, 2.05) is 6.07 Å². The standard InChI is InChI=1S/C13H19NO2/c15-13(16)9-5-11-14-10-4-8-12-6-2-1-3-7-12/h1-3,6-7,14H,4-5,8-11H2,(H,15,16). The van der Waals surface area contributed by atoms with Gasteiger partial charge in [-0.3, -0.25) is 4.79 Å². The predicted molar refractivity (Wildman–Crippen MR) is 64.5 cm³/mol. The normalized spacial score (nSPS) is 10.2. The van der Waals surface area contributed by atoms with Gasteiger partial charge in [-0.2, -0.15) is 0 Å². The fourth-order valence-corrected chi connectivity index (χ4v) is 1.55. The highest BCUT2D eigenvalue weighted by molar-refractivity contribution is 5.66. The Balaban J connectivity index is 1.94. The average Bonchev–Trinajstić information content (AvgIpc) is 2.29. The lowest BCUT2D eigenvalue weighted by molar-refractivity contribution is -0.137. The molecule has 0 saturated heterocycles. The number of aliphatic carboxylic acids is 1. The van der Waals surface area contributed by atoms with E-state index in [-0.39, 0.29) is 6.42 Å². The molecular weight excluding hydrogens is 202 g/mol. The van der Waals surface area contributed by atoms with Crippen molar-refractivity contribution in [3.05, 3.63) is 35.9 Å². The molecule has 1 aromatic rings. The second kappa shape index (κ2) is 7.88. The molecule has 88 valence electrons. The number of carboxylic acids is 1. The summed E-state index contributed by atoms with van der Waals surface area (Å²) in [7, 11) is 0. The summed E-state index contributed by atoms with van der Waals surface area (Å²) < 4.78 is 0. The van der Waals surface area contributed by atoms with Crippen LogP contribution in [-0.2, 0) is 11.2 Å². The smallest absolute Gasteiger partial charge is 0.303 e. The lowest BCUT2D eigenvalue weighted by Gasteiger charge is -2.03. The highest BCUT2D eigenvalue weighted by Gasteiger charge is 1.95. The van der Waals surface area contributed by atoms with Gasteiger partial charge in [0.1, 0.15) is 0 Å². The molecule has 0 radical (unpaired) electrons. The minimum absolute atomic E-state index is 0.256. The number of hydrogen-bond donors (Lipinski definition) is 2. The summed E-state index contributed by atoms with van der Waals surface area (Å²) in [5.41, 5.74) is 1.36. The van der Waals surface area contributed by atoms with Gasteiger partial charge >= 0.3 is 5.97 Å². The van der Waals surface area contributed by atoms with Crippen molar-refractivity contribution in [3.63, 3.8) is 0 Å². The van der Waals surface area contributed by atoms with Gasteiger partial charge in [0.05, 0.1) is 0 Å². The van der Waals surface area contributed by atoms with E-state index in [4.69, 9.17) is 5.11 Å². The van der Waals surface area contributed by atoms with E-state index in [0.717, 1.165) is 25.9 Å². The molecule has 0 spiro atoms. The Kier molecular flexibility index (Phi) is 6.26. The molecule has 0 fully saturated rings. The van der Waals surface area contributed by atoms with E-state index >= 15 is 0 Å². The summed E-state index contributed by atoms with van der Waals surface area (Å²) in [4.78, 5) is 10.2. The molecule has 0 aliphatic heterocycles. The predicted octanol–water partition coefficient (Wildman–Crippen LogP) is 2.07. The van der Waals surface area contributed by atoms with Gasteiger partial charge in [0.15, 0.2) is 0 Å². The van der Waals surface area contributed by atoms with E-state index in [9.17, 15) is 4.79 Å². The van der Waals surface area contributed by atoms with E-state index in [1.54, 1.807) is 0 Å². The monoisotopic (exact) mass is 221 g/mol. The van der Waals surface area contributed by atoms with Crippen molar-refractivity contribution in [1.82, 2.24) is 5.32 Å². The first-order chi connectivity index (χ1) is 7.79. The third kappa shape index (κ3) is 6.19. The Hall–Kier alpha value is -1.35. The van der Waals surface area contributed by atoms with Crippen LogP contribution in [0.1, 0.15) is 24.8 Å². The molecule has 0 aliphatic carbocycles. The number of benzene rings is 1. The summed E-state index contributed by atoms with van der Waals surface area (Å²) in [5, 5.41) is 11.7. The SMILES string of the molecule is O=C(O)CCCNCCCc1ccccc1. The molecule has 0 saturated carbocycles. The number of hydrogen-bond acceptors (Lipinski definition) is 2. The molecule has 0 heterocycles. The molecule has 0 bridgehead atoms. The van der Waals surface area contributed by atoms with Crippen LogP contribution in [0.3, 0.4) is 0 Å². The van der Waals surface area contributed by atoms with Crippen molar-refractivity contribution in [2.24, 2.45) is 0 Å². The van der Waals surface area contributed by atoms with Gasteiger partial charge in [0, 0.05) is 6.42 Å². The minimum atomic E-state index is -0.717. The van der Waals surface area contributed by atoms with E-state index in [1.165, 1.54) is 5.56 Å². The van der Waals surface area contributed by atoms with E-state index < -0.39 is 5.97 Å².